The van der Waals surface area contributed by atoms with Crippen LogP contribution in [-0.2, 0) is 6.42 Å². The van der Waals surface area contributed by atoms with Crippen LogP contribution in [-0.4, -0.2) is 36.1 Å². The van der Waals surface area contributed by atoms with Crippen LogP contribution >= 0.6 is 0 Å². The monoisotopic (exact) mass is 262 g/mol. The quantitative estimate of drug-likeness (QED) is 0.883. The molecule has 1 aliphatic heterocycles. The normalized spacial score (nSPS) is 16.6. The first-order valence-electron chi connectivity index (χ1n) is 7.53. The second-order valence-corrected chi connectivity index (χ2v) is 5.35. The van der Waals surface area contributed by atoms with Crippen molar-refractivity contribution < 1.29 is 0 Å². The van der Waals surface area contributed by atoms with E-state index >= 15 is 0 Å². The molecule has 1 N–H and O–H groups in total. The predicted octanol–water partition coefficient (Wildman–Crippen LogP) is 2.17. The summed E-state index contributed by atoms with van der Waals surface area (Å²) in [5, 5.41) is 3.43. The lowest BCUT2D eigenvalue weighted by Crippen LogP contribution is -2.36. The van der Waals surface area contributed by atoms with E-state index in [9.17, 15) is 0 Å². The van der Waals surface area contributed by atoms with Gasteiger partial charge in [0.05, 0.1) is 0 Å². The van der Waals surface area contributed by atoms with Crippen LogP contribution in [0.4, 0.5) is 5.82 Å². The molecule has 0 atom stereocenters. The Morgan fingerprint density at radius 1 is 1.26 bits per heavy atom. The van der Waals surface area contributed by atoms with Crippen molar-refractivity contribution in [3.8, 4) is 0 Å². The number of anilines is 1. The Hall–Kier alpha value is -1.16. The van der Waals surface area contributed by atoms with Crippen molar-refractivity contribution in [2.75, 3.05) is 31.1 Å². The molecule has 1 aromatic heterocycles. The molecule has 1 saturated heterocycles. The molecule has 0 spiro atoms. The van der Waals surface area contributed by atoms with Gasteiger partial charge in [0.25, 0.3) is 0 Å². The third kappa shape index (κ3) is 3.90. The Kier molecular flexibility index (Phi) is 5.14. The highest BCUT2D eigenvalue weighted by molar-refractivity contribution is 5.39. The molecule has 0 saturated carbocycles. The summed E-state index contributed by atoms with van der Waals surface area (Å²) in [6.07, 6.45) is 3.53. The van der Waals surface area contributed by atoms with Gasteiger partial charge in [0.1, 0.15) is 11.6 Å². The van der Waals surface area contributed by atoms with Crippen molar-refractivity contribution in [3.63, 3.8) is 0 Å². The summed E-state index contributed by atoms with van der Waals surface area (Å²) < 4.78 is 0. The zero-order valence-electron chi connectivity index (χ0n) is 12.4. The number of rotatable bonds is 5. The Labute approximate surface area is 116 Å². The smallest absolute Gasteiger partial charge is 0.132 e. The fourth-order valence-corrected chi connectivity index (χ4v) is 2.72. The van der Waals surface area contributed by atoms with Gasteiger partial charge in [-0.25, -0.2) is 9.97 Å². The van der Waals surface area contributed by atoms with Gasteiger partial charge in [0.2, 0.25) is 0 Å². The number of hydrogen-bond donors (Lipinski definition) is 1. The molecule has 0 bridgehead atoms. The standard InChI is InChI=1S/C15H26N4/c1-4-14-10-15(18-12(3)17-14)19(5-2)11-13-6-8-16-9-7-13/h10,13,16H,4-9,11H2,1-3H3. The highest BCUT2D eigenvalue weighted by Gasteiger charge is 2.17. The zero-order chi connectivity index (χ0) is 13.7. The second kappa shape index (κ2) is 6.85. The van der Waals surface area contributed by atoms with E-state index in [0.717, 1.165) is 55.9 Å². The molecule has 4 heteroatoms. The first-order chi connectivity index (χ1) is 9.22. The first kappa shape index (κ1) is 14.3. The largest absolute Gasteiger partial charge is 0.357 e. The Morgan fingerprint density at radius 2 is 2.00 bits per heavy atom. The summed E-state index contributed by atoms with van der Waals surface area (Å²) in [5.74, 6) is 2.78. The number of aryl methyl sites for hydroxylation is 2. The van der Waals surface area contributed by atoms with E-state index in [2.05, 4.69) is 40.1 Å². The number of piperidine rings is 1. The summed E-state index contributed by atoms with van der Waals surface area (Å²) in [6, 6.07) is 2.15. The van der Waals surface area contributed by atoms with E-state index in [-0.39, 0.29) is 0 Å². The molecule has 4 nitrogen and oxygen atoms in total. The van der Waals surface area contributed by atoms with Crippen LogP contribution in [0, 0.1) is 12.8 Å². The number of nitrogens with one attached hydrogen (secondary N) is 1. The average molecular weight is 262 g/mol. The lowest BCUT2D eigenvalue weighted by Gasteiger charge is -2.30. The molecule has 106 valence electrons. The van der Waals surface area contributed by atoms with Crippen molar-refractivity contribution in [1.29, 1.82) is 0 Å². The molecular weight excluding hydrogens is 236 g/mol. The van der Waals surface area contributed by atoms with E-state index in [1.807, 2.05) is 6.92 Å². The molecule has 2 rings (SSSR count). The molecule has 0 aliphatic carbocycles. The molecule has 0 radical (unpaired) electrons. The fraction of sp³-hybridized carbons (Fsp3) is 0.733. The predicted molar refractivity (Wildman–Crippen MR) is 79.6 cm³/mol. The molecule has 1 fully saturated rings. The van der Waals surface area contributed by atoms with Gasteiger partial charge in [-0.15, -0.1) is 0 Å². The van der Waals surface area contributed by atoms with E-state index in [4.69, 9.17) is 0 Å². The minimum absolute atomic E-state index is 0.793. The van der Waals surface area contributed by atoms with Crippen LogP contribution in [0.3, 0.4) is 0 Å². The van der Waals surface area contributed by atoms with Crippen LogP contribution in [0.25, 0.3) is 0 Å². The van der Waals surface area contributed by atoms with Gasteiger partial charge < -0.3 is 10.2 Å². The van der Waals surface area contributed by atoms with Crippen molar-refractivity contribution in [2.24, 2.45) is 5.92 Å². The summed E-state index contributed by atoms with van der Waals surface area (Å²) >= 11 is 0. The van der Waals surface area contributed by atoms with Gasteiger partial charge in [-0.2, -0.15) is 0 Å². The van der Waals surface area contributed by atoms with Crippen LogP contribution in [0.5, 0.6) is 0 Å². The van der Waals surface area contributed by atoms with Crippen LogP contribution in [0.15, 0.2) is 6.07 Å². The topological polar surface area (TPSA) is 41.0 Å². The zero-order valence-corrected chi connectivity index (χ0v) is 12.4. The third-order valence-corrected chi connectivity index (χ3v) is 3.88. The molecule has 1 aromatic rings. The number of aromatic nitrogens is 2. The maximum atomic E-state index is 4.62. The Balaban J connectivity index is 2.09. The number of hydrogen-bond acceptors (Lipinski definition) is 4. The highest BCUT2D eigenvalue weighted by atomic mass is 15.2. The Bertz CT molecular complexity index is 399. The van der Waals surface area contributed by atoms with Gasteiger partial charge in [-0.3, -0.25) is 0 Å². The molecule has 0 aromatic carbocycles. The lowest BCUT2D eigenvalue weighted by molar-refractivity contribution is 0.374. The van der Waals surface area contributed by atoms with Crippen molar-refractivity contribution in [1.82, 2.24) is 15.3 Å². The van der Waals surface area contributed by atoms with Crippen LogP contribution in [0.1, 0.15) is 38.2 Å². The molecule has 0 unspecified atom stereocenters. The van der Waals surface area contributed by atoms with Crippen molar-refractivity contribution in [2.45, 2.75) is 40.0 Å². The highest BCUT2D eigenvalue weighted by Crippen LogP contribution is 2.19. The maximum Gasteiger partial charge on any atom is 0.132 e. The van der Waals surface area contributed by atoms with Gasteiger partial charge in [0, 0.05) is 24.8 Å². The average Bonchev–Trinajstić information content (AvgIpc) is 2.45. The molecule has 1 aliphatic rings. The SMILES string of the molecule is CCc1cc(N(CC)CC2CCNCC2)nc(C)n1. The van der Waals surface area contributed by atoms with E-state index in [0.29, 0.717) is 0 Å². The van der Waals surface area contributed by atoms with Crippen LogP contribution < -0.4 is 10.2 Å². The minimum Gasteiger partial charge on any atom is -0.357 e. The van der Waals surface area contributed by atoms with E-state index < -0.39 is 0 Å². The fourth-order valence-electron chi connectivity index (χ4n) is 2.72. The summed E-state index contributed by atoms with van der Waals surface area (Å²) in [7, 11) is 0. The van der Waals surface area contributed by atoms with Crippen molar-refractivity contribution >= 4 is 5.82 Å². The Morgan fingerprint density at radius 3 is 2.63 bits per heavy atom. The first-order valence-corrected chi connectivity index (χ1v) is 7.53. The summed E-state index contributed by atoms with van der Waals surface area (Å²) in [4.78, 5) is 11.5. The molecular formula is C15H26N4. The van der Waals surface area contributed by atoms with E-state index in [1.54, 1.807) is 0 Å². The number of nitrogens with zero attached hydrogens (tertiary/aromatic N) is 3. The minimum atomic E-state index is 0.793. The summed E-state index contributed by atoms with van der Waals surface area (Å²) in [5.41, 5.74) is 1.14. The van der Waals surface area contributed by atoms with Crippen molar-refractivity contribution in [3.05, 3.63) is 17.6 Å². The lowest BCUT2D eigenvalue weighted by atomic mass is 9.97. The van der Waals surface area contributed by atoms with Crippen LogP contribution in [0.2, 0.25) is 0 Å². The molecule has 2 heterocycles. The maximum absolute atomic E-state index is 4.62. The second-order valence-electron chi connectivity index (χ2n) is 5.35. The van der Waals surface area contributed by atoms with Gasteiger partial charge in [-0.05, 0) is 52.1 Å². The van der Waals surface area contributed by atoms with Gasteiger partial charge in [-0.1, -0.05) is 6.92 Å². The molecule has 19 heavy (non-hydrogen) atoms. The van der Waals surface area contributed by atoms with Gasteiger partial charge in [0.15, 0.2) is 0 Å². The van der Waals surface area contributed by atoms with Gasteiger partial charge >= 0.3 is 0 Å². The third-order valence-electron chi connectivity index (χ3n) is 3.88. The molecule has 0 amide bonds. The van der Waals surface area contributed by atoms with E-state index in [1.165, 1.54) is 12.8 Å². The summed E-state index contributed by atoms with van der Waals surface area (Å²) in [6.45, 7) is 10.8.